The zero-order chi connectivity index (χ0) is 14.7. The zero-order valence-corrected chi connectivity index (χ0v) is 11.5. The largest absolute Gasteiger partial charge is 0.370 e. The molecule has 0 radical (unpaired) electrons. The molecule has 1 heterocycles. The van der Waals surface area contributed by atoms with Gasteiger partial charge in [0.05, 0.1) is 4.92 Å². The third kappa shape index (κ3) is 3.23. The second-order valence-corrected chi connectivity index (χ2v) is 5.06. The summed E-state index contributed by atoms with van der Waals surface area (Å²) in [6.07, 6.45) is 2.22. The van der Waals surface area contributed by atoms with E-state index in [-0.39, 0.29) is 11.3 Å². The predicted octanol–water partition coefficient (Wildman–Crippen LogP) is 1.81. The minimum Gasteiger partial charge on any atom is -0.370 e. The Morgan fingerprint density at radius 3 is 2.85 bits per heavy atom. The summed E-state index contributed by atoms with van der Waals surface area (Å²) in [5, 5.41) is 16.7. The molecule has 1 aliphatic carbocycles. The van der Waals surface area contributed by atoms with Gasteiger partial charge in [0.2, 0.25) is 0 Å². The van der Waals surface area contributed by atoms with Gasteiger partial charge in [0.1, 0.15) is 17.6 Å². The van der Waals surface area contributed by atoms with Crippen LogP contribution in [0, 0.1) is 22.0 Å². The third-order valence-electron chi connectivity index (χ3n) is 3.48. The van der Waals surface area contributed by atoms with Gasteiger partial charge in [-0.05, 0) is 25.2 Å². The maximum atomic E-state index is 12.1. The van der Waals surface area contributed by atoms with Crippen LogP contribution in [0.3, 0.4) is 0 Å². The Balaban J connectivity index is 2.15. The van der Waals surface area contributed by atoms with Crippen LogP contribution in [0.4, 0.5) is 11.5 Å². The molecule has 2 atom stereocenters. The monoisotopic (exact) mass is 278 g/mol. The average Bonchev–Trinajstić information content (AvgIpc) is 3.12. The van der Waals surface area contributed by atoms with E-state index < -0.39 is 10.8 Å². The van der Waals surface area contributed by atoms with Crippen molar-refractivity contribution in [3.8, 4) is 0 Å². The maximum absolute atomic E-state index is 12.1. The predicted molar refractivity (Wildman–Crippen MR) is 74.7 cm³/mol. The molecule has 0 saturated heterocycles. The number of rotatable bonds is 6. The molecule has 1 aromatic rings. The first kappa shape index (κ1) is 14.2. The number of aromatic nitrogens is 1. The number of nitrogens with zero attached hydrogens (tertiary/aromatic N) is 2. The molecule has 2 unspecified atom stereocenters. The molecule has 1 aliphatic rings. The second kappa shape index (κ2) is 5.85. The van der Waals surface area contributed by atoms with Crippen molar-refractivity contribution in [1.82, 2.24) is 10.3 Å². The molecule has 1 amide bonds. The minimum absolute atomic E-state index is 0.0502. The summed E-state index contributed by atoms with van der Waals surface area (Å²) in [6, 6.07) is 1.42. The van der Waals surface area contributed by atoms with Gasteiger partial charge in [-0.25, -0.2) is 4.98 Å². The van der Waals surface area contributed by atoms with E-state index in [4.69, 9.17) is 0 Å². The fourth-order valence-corrected chi connectivity index (χ4v) is 2.06. The zero-order valence-electron chi connectivity index (χ0n) is 11.5. The molecule has 1 saturated carbocycles. The van der Waals surface area contributed by atoms with Crippen LogP contribution < -0.4 is 10.6 Å². The Morgan fingerprint density at radius 1 is 1.60 bits per heavy atom. The standard InChI is InChI=1S/C13H18N4O3/c1-3-14-12-5-10(11(7-15-12)17(19)20)13(18)16-6-9-4-8(9)2/h5,7-9H,3-4,6H2,1-2H3,(H,14,15)(H,16,18). The highest BCUT2D eigenvalue weighted by Crippen LogP contribution is 2.36. The van der Waals surface area contributed by atoms with Crippen molar-refractivity contribution in [1.29, 1.82) is 0 Å². The Labute approximate surface area is 116 Å². The molecule has 108 valence electrons. The van der Waals surface area contributed by atoms with Gasteiger partial charge >= 0.3 is 0 Å². The van der Waals surface area contributed by atoms with Crippen LogP contribution in [-0.2, 0) is 0 Å². The Hall–Kier alpha value is -2.18. The minimum atomic E-state index is -0.586. The summed E-state index contributed by atoms with van der Waals surface area (Å²) in [6.45, 7) is 5.20. The van der Waals surface area contributed by atoms with Crippen molar-refractivity contribution in [2.75, 3.05) is 18.4 Å². The summed E-state index contributed by atoms with van der Waals surface area (Å²) in [5.41, 5.74) is -0.220. The summed E-state index contributed by atoms with van der Waals surface area (Å²) in [5.74, 6) is 1.16. The van der Waals surface area contributed by atoms with E-state index in [0.717, 1.165) is 12.6 Å². The SMILES string of the molecule is CCNc1cc(C(=O)NCC2CC2C)c([N+](=O)[O-])cn1. The molecule has 0 aliphatic heterocycles. The number of nitrogens with one attached hydrogen (secondary N) is 2. The average molecular weight is 278 g/mol. The summed E-state index contributed by atoms with van der Waals surface area (Å²) in [7, 11) is 0. The molecule has 0 aromatic carbocycles. The number of nitro groups is 1. The van der Waals surface area contributed by atoms with Gasteiger partial charge in [-0.3, -0.25) is 14.9 Å². The molecule has 7 heteroatoms. The molecule has 1 fully saturated rings. The maximum Gasteiger partial charge on any atom is 0.300 e. The topological polar surface area (TPSA) is 97.2 Å². The Bertz CT molecular complexity index is 532. The number of amides is 1. The van der Waals surface area contributed by atoms with E-state index >= 15 is 0 Å². The van der Waals surface area contributed by atoms with Crippen LogP contribution in [0.15, 0.2) is 12.3 Å². The van der Waals surface area contributed by atoms with Gasteiger partial charge in [-0.2, -0.15) is 0 Å². The molecule has 1 aromatic heterocycles. The number of anilines is 1. The third-order valence-corrected chi connectivity index (χ3v) is 3.48. The molecular weight excluding hydrogens is 260 g/mol. The van der Waals surface area contributed by atoms with Gasteiger partial charge in [0.15, 0.2) is 0 Å². The lowest BCUT2D eigenvalue weighted by Crippen LogP contribution is -2.26. The van der Waals surface area contributed by atoms with Crippen molar-refractivity contribution in [3.05, 3.63) is 27.9 Å². The summed E-state index contributed by atoms with van der Waals surface area (Å²) < 4.78 is 0. The molecule has 0 bridgehead atoms. The van der Waals surface area contributed by atoms with Crippen molar-refractivity contribution < 1.29 is 9.72 Å². The lowest BCUT2D eigenvalue weighted by Gasteiger charge is -2.07. The van der Waals surface area contributed by atoms with Crippen molar-refractivity contribution in [3.63, 3.8) is 0 Å². The molecule has 0 spiro atoms. The molecule has 7 nitrogen and oxygen atoms in total. The van der Waals surface area contributed by atoms with E-state index in [1.54, 1.807) is 0 Å². The Morgan fingerprint density at radius 2 is 2.30 bits per heavy atom. The molecule has 2 N–H and O–H groups in total. The highest BCUT2D eigenvalue weighted by Gasteiger charge is 2.33. The van der Waals surface area contributed by atoms with Crippen LogP contribution >= 0.6 is 0 Å². The first-order valence-electron chi connectivity index (χ1n) is 6.69. The van der Waals surface area contributed by atoms with Gasteiger partial charge < -0.3 is 10.6 Å². The van der Waals surface area contributed by atoms with Crippen molar-refractivity contribution in [2.45, 2.75) is 20.3 Å². The molecule has 20 heavy (non-hydrogen) atoms. The van der Waals surface area contributed by atoms with E-state index in [2.05, 4.69) is 22.5 Å². The van der Waals surface area contributed by atoms with E-state index in [1.165, 1.54) is 6.07 Å². The van der Waals surface area contributed by atoms with E-state index in [0.29, 0.717) is 30.7 Å². The summed E-state index contributed by atoms with van der Waals surface area (Å²) in [4.78, 5) is 26.4. The molecule has 2 rings (SSSR count). The first-order valence-corrected chi connectivity index (χ1v) is 6.69. The normalized spacial score (nSPS) is 20.3. The van der Waals surface area contributed by atoms with Crippen LogP contribution in [0.1, 0.15) is 30.6 Å². The summed E-state index contributed by atoms with van der Waals surface area (Å²) >= 11 is 0. The second-order valence-electron chi connectivity index (χ2n) is 5.06. The van der Waals surface area contributed by atoms with Gasteiger partial charge in [0.25, 0.3) is 11.6 Å². The smallest absolute Gasteiger partial charge is 0.300 e. The van der Waals surface area contributed by atoms with Gasteiger partial charge in [-0.1, -0.05) is 6.92 Å². The van der Waals surface area contributed by atoms with Crippen LogP contribution in [0.25, 0.3) is 0 Å². The van der Waals surface area contributed by atoms with Crippen LogP contribution in [0.5, 0.6) is 0 Å². The quantitative estimate of drug-likeness (QED) is 0.611. The molecular formula is C13H18N4O3. The van der Waals surface area contributed by atoms with Crippen molar-refractivity contribution in [2.24, 2.45) is 11.8 Å². The fraction of sp³-hybridized carbons (Fsp3) is 0.538. The lowest BCUT2D eigenvalue weighted by atomic mass is 10.2. The number of hydrogen-bond donors (Lipinski definition) is 2. The number of carbonyl (C=O) groups is 1. The van der Waals surface area contributed by atoms with Crippen LogP contribution in [0.2, 0.25) is 0 Å². The van der Waals surface area contributed by atoms with Crippen molar-refractivity contribution >= 4 is 17.4 Å². The number of carbonyl (C=O) groups excluding carboxylic acids is 1. The van der Waals surface area contributed by atoms with Gasteiger partial charge in [-0.15, -0.1) is 0 Å². The first-order chi connectivity index (χ1) is 9.52. The number of hydrogen-bond acceptors (Lipinski definition) is 5. The van der Waals surface area contributed by atoms with Gasteiger partial charge in [0, 0.05) is 19.2 Å². The van der Waals surface area contributed by atoms with E-state index in [9.17, 15) is 14.9 Å². The lowest BCUT2D eigenvalue weighted by molar-refractivity contribution is -0.385. The fourth-order valence-electron chi connectivity index (χ4n) is 2.06. The van der Waals surface area contributed by atoms with Crippen LogP contribution in [-0.4, -0.2) is 28.9 Å². The highest BCUT2D eigenvalue weighted by molar-refractivity contribution is 5.98. The number of pyridine rings is 1. The van der Waals surface area contributed by atoms with E-state index in [1.807, 2.05) is 6.92 Å². The highest BCUT2D eigenvalue weighted by atomic mass is 16.6. The Kier molecular flexibility index (Phi) is 4.16.